The lowest BCUT2D eigenvalue weighted by Gasteiger charge is -2.17. The van der Waals surface area contributed by atoms with Gasteiger partial charge in [-0.1, -0.05) is 24.3 Å². The topological polar surface area (TPSA) is 104 Å². The molecule has 0 saturated carbocycles. The highest BCUT2D eigenvalue weighted by atomic mass is 32.2. The van der Waals surface area contributed by atoms with Gasteiger partial charge in [-0.2, -0.15) is 0 Å². The molecule has 1 aliphatic heterocycles. The molecule has 9 heteroatoms. The van der Waals surface area contributed by atoms with Gasteiger partial charge in [0.25, 0.3) is 5.91 Å². The normalized spacial score (nSPS) is 15.2. The summed E-state index contributed by atoms with van der Waals surface area (Å²) in [5.41, 5.74) is 7.95. The molecule has 8 nitrogen and oxygen atoms in total. The molecular formula is C27H23N5O3S. The first-order valence-electron chi connectivity index (χ1n) is 11.4. The molecule has 1 atom stereocenters. The molecule has 0 bridgehead atoms. The van der Waals surface area contributed by atoms with Gasteiger partial charge in [-0.25, -0.2) is 4.98 Å². The molecule has 0 aliphatic carbocycles. The van der Waals surface area contributed by atoms with E-state index in [1.807, 2.05) is 66.9 Å². The molecule has 3 amide bonds. The van der Waals surface area contributed by atoms with E-state index in [9.17, 15) is 14.4 Å². The van der Waals surface area contributed by atoms with Crippen molar-refractivity contribution in [3.05, 3.63) is 84.6 Å². The average Bonchev–Trinajstić information content (AvgIpc) is 3.33. The van der Waals surface area contributed by atoms with Gasteiger partial charge in [0.15, 0.2) is 0 Å². The molecule has 4 aromatic rings. The van der Waals surface area contributed by atoms with E-state index in [-0.39, 0.29) is 18.9 Å². The summed E-state index contributed by atoms with van der Waals surface area (Å²) in [5.74, 6) is -1.59. The van der Waals surface area contributed by atoms with Crippen molar-refractivity contribution in [2.24, 2.45) is 5.92 Å². The highest BCUT2D eigenvalue weighted by Gasteiger charge is 2.35. The fourth-order valence-corrected chi connectivity index (χ4v) is 4.60. The first-order chi connectivity index (χ1) is 17.5. The van der Waals surface area contributed by atoms with E-state index in [1.165, 1.54) is 0 Å². The molecule has 3 heterocycles. The second kappa shape index (κ2) is 10.2. The molecular weight excluding hydrogens is 474 g/mol. The number of para-hydroxylation sites is 1. The summed E-state index contributed by atoms with van der Waals surface area (Å²) in [7, 11) is 0. The summed E-state index contributed by atoms with van der Waals surface area (Å²) in [4.78, 5) is 50.2. The number of hydrazine groups is 1. The summed E-state index contributed by atoms with van der Waals surface area (Å²) >= 11 is 1.62. The Kier molecular flexibility index (Phi) is 6.64. The summed E-state index contributed by atoms with van der Waals surface area (Å²) in [6.07, 6.45) is 3.72. The SMILES string of the molecule is CSc1ccc(N2C[C@@H](C(=O)NNC(=O)c3cc(-c4ccccn4)nc4ccccc34)CC2=O)cc1. The van der Waals surface area contributed by atoms with Crippen LogP contribution >= 0.6 is 11.8 Å². The number of aromatic nitrogens is 2. The predicted octanol–water partition coefficient (Wildman–Crippen LogP) is 3.83. The third-order valence-corrected chi connectivity index (χ3v) is 6.81. The maximum Gasteiger partial charge on any atom is 0.270 e. The number of benzene rings is 2. The van der Waals surface area contributed by atoms with E-state index in [4.69, 9.17) is 0 Å². The number of carbonyl (C=O) groups excluding carboxylic acids is 3. The molecule has 1 fully saturated rings. The third kappa shape index (κ3) is 4.78. The number of rotatable bonds is 5. The Labute approximate surface area is 212 Å². The van der Waals surface area contributed by atoms with Gasteiger partial charge in [0, 0.05) is 35.1 Å². The second-order valence-electron chi connectivity index (χ2n) is 8.33. The fraction of sp³-hybridized carbons (Fsp3) is 0.148. The van der Waals surface area contributed by atoms with Crippen LogP contribution in [0.1, 0.15) is 16.8 Å². The van der Waals surface area contributed by atoms with Crippen LogP contribution in [0, 0.1) is 5.92 Å². The Morgan fingerprint density at radius 1 is 0.972 bits per heavy atom. The van der Waals surface area contributed by atoms with Crippen LogP contribution in [0.4, 0.5) is 5.69 Å². The maximum absolute atomic E-state index is 13.1. The summed E-state index contributed by atoms with van der Waals surface area (Å²) < 4.78 is 0. The summed E-state index contributed by atoms with van der Waals surface area (Å²) in [5, 5.41) is 0.653. The molecule has 36 heavy (non-hydrogen) atoms. The van der Waals surface area contributed by atoms with Crippen molar-refractivity contribution in [2.75, 3.05) is 17.7 Å². The summed E-state index contributed by atoms with van der Waals surface area (Å²) in [6.45, 7) is 0.251. The predicted molar refractivity (Wildman–Crippen MR) is 139 cm³/mol. The first kappa shape index (κ1) is 23.5. The van der Waals surface area contributed by atoms with Crippen molar-refractivity contribution >= 4 is 46.1 Å². The number of thioether (sulfide) groups is 1. The zero-order chi connectivity index (χ0) is 25.1. The third-order valence-electron chi connectivity index (χ3n) is 6.07. The number of nitrogens with one attached hydrogen (secondary N) is 2. The van der Waals surface area contributed by atoms with Crippen molar-refractivity contribution < 1.29 is 14.4 Å². The van der Waals surface area contributed by atoms with Gasteiger partial charge >= 0.3 is 0 Å². The lowest BCUT2D eigenvalue weighted by Crippen LogP contribution is -2.45. The quantitative estimate of drug-likeness (QED) is 0.321. The number of hydrogen-bond donors (Lipinski definition) is 2. The van der Waals surface area contributed by atoms with Gasteiger partial charge in [0.05, 0.1) is 28.4 Å². The van der Waals surface area contributed by atoms with Crippen molar-refractivity contribution in [3.63, 3.8) is 0 Å². The standard InChI is InChI=1S/C27H23N5O3S/c1-36-19-11-9-18(10-12-19)32-16-17(14-25(32)33)26(34)30-31-27(35)21-15-24(23-8-4-5-13-28-23)29-22-7-3-2-6-20(21)22/h2-13,15,17H,14,16H2,1H3,(H,30,34)(H,31,35)/t17-/m0/s1. The van der Waals surface area contributed by atoms with Crippen molar-refractivity contribution in [3.8, 4) is 11.4 Å². The molecule has 1 saturated heterocycles. The lowest BCUT2D eigenvalue weighted by molar-refractivity contribution is -0.126. The van der Waals surface area contributed by atoms with Gasteiger partial charge in [-0.05, 0) is 54.8 Å². The number of anilines is 1. The number of pyridine rings is 2. The van der Waals surface area contributed by atoms with Crippen LogP contribution in [0.25, 0.3) is 22.3 Å². The van der Waals surface area contributed by atoms with Gasteiger partial charge in [0.1, 0.15) is 0 Å². The molecule has 2 aromatic carbocycles. The number of hydrogen-bond acceptors (Lipinski definition) is 6. The minimum absolute atomic E-state index is 0.0774. The molecule has 1 aliphatic rings. The van der Waals surface area contributed by atoms with Crippen LogP contribution in [-0.4, -0.2) is 40.5 Å². The monoisotopic (exact) mass is 497 g/mol. The van der Waals surface area contributed by atoms with Crippen molar-refractivity contribution in [1.82, 2.24) is 20.8 Å². The zero-order valence-corrected chi connectivity index (χ0v) is 20.3. The number of nitrogens with zero attached hydrogens (tertiary/aromatic N) is 3. The van der Waals surface area contributed by atoms with E-state index in [0.717, 1.165) is 10.6 Å². The minimum atomic E-state index is -0.573. The number of carbonyl (C=O) groups is 3. The molecule has 0 unspecified atom stereocenters. The van der Waals surface area contributed by atoms with Gasteiger partial charge in [-0.3, -0.25) is 30.2 Å². The molecule has 2 N–H and O–H groups in total. The van der Waals surface area contributed by atoms with Crippen LogP contribution in [0.15, 0.2) is 83.9 Å². The van der Waals surface area contributed by atoms with E-state index in [0.29, 0.717) is 27.9 Å². The molecule has 0 spiro atoms. The van der Waals surface area contributed by atoms with Crippen molar-refractivity contribution in [1.29, 1.82) is 0 Å². The van der Waals surface area contributed by atoms with E-state index >= 15 is 0 Å². The molecule has 0 radical (unpaired) electrons. The number of fused-ring (bicyclic) bond motifs is 1. The second-order valence-corrected chi connectivity index (χ2v) is 9.21. The van der Waals surface area contributed by atoms with Gasteiger partial charge < -0.3 is 4.90 Å². The zero-order valence-electron chi connectivity index (χ0n) is 19.5. The highest BCUT2D eigenvalue weighted by Crippen LogP contribution is 2.27. The largest absolute Gasteiger partial charge is 0.312 e. The Bertz CT molecular complexity index is 1440. The van der Waals surface area contributed by atoms with E-state index in [1.54, 1.807) is 35.0 Å². The number of amides is 3. The Morgan fingerprint density at radius 2 is 1.75 bits per heavy atom. The van der Waals surface area contributed by atoms with Crippen LogP contribution in [0.2, 0.25) is 0 Å². The highest BCUT2D eigenvalue weighted by molar-refractivity contribution is 7.98. The van der Waals surface area contributed by atoms with Gasteiger partial charge in [0.2, 0.25) is 11.8 Å². The fourth-order valence-electron chi connectivity index (χ4n) is 4.19. The van der Waals surface area contributed by atoms with Crippen LogP contribution < -0.4 is 15.8 Å². The molecule has 5 rings (SSSR count). The smallest absolute Gasteiger partial charge is 0.270 e. The van der Waals surface area contributed by atoms with E-state index in [2.05, 4.69) is 20.8 Å². The van der Waals surface area contributed by atoms with Crippen LogP contribution in [-0.2, 0) is 9.59 Å². The Balaban J connectivity index is 1.30. The Morgan fingerprint density at radius 3 is 2.50 bits per heavy atom. The lowest BCUT2D eigenvalue weighted by atomic mass is 10.1. The van der Waals surface area contributed by atoms with Gasteiger partial charge in [-0.15, -0.1) is 11.8 Å². The Hall–Kier alpha value is -4.24. The molecule has 2 aromatic heterocycles. The first-order valence-corrected chi connectivity index (χ1v) is 12.6. The van der Waals surface area contributed by atoms with Crippen molar-refractivity contribution in [2.45, 2.75) is 11.3 Å². The molecule has 180 valence electrons. The minimum Gasteiger partial charge on any atom is -0.312 e. The summed E-state index contributed by atoms with van der Waals surface area (Å²) in [6, 6.07) is 22.1. The average molecular weight is 498 g/mol. The van der Waals surface area contributed by atoms with Crippen LogP contribution in [0.5, 0.6) is 0 Å². The van der Waals surface area contributed by atoms with Crippen LogP contribution in [0.3, 0.4) is 0 Å². The van der Waals surface area contributed by atoms with E-state index < -0.39 is 17.7 Å². The maximum atomic E-state index is 13.1.